The van der Waals surface area contributed by atoms with E-state index in [4.69, 9.17) is 0 Å². The van der Waals surface area contributed by atoms with Gasteiger partial charge in [0.2, 0.25) is 0 Å². The SMILES string of the molecule is CC1=C(N/N=C2/CN(C)CN(C)C2=O)CN(C)CN1C. The van der Waals surface area contributed by atoms with Gasteiger partial charge in [0.05, 0.1) is 19.0 Å². The lowest BCUT2D eigenvalue weighted by atomic mass is 10.2. The maximum Gasteiger partial charge on any atom is 0.272 e. The largest absolute Gasteiger partial charge is 0.364 e. The molecule has 0 aliphatic carbocycles. The van der Waals surface area contributed by atoms with E-state index in [1.807, 2.05) is 14.1 Å². The number of hydrogen-bond donors (Lipinski definition) is 1. The van der Waals surface area contributed by atoms with Crippen molar-refractivity contribution in [1.29, 1.82) is 0 Å². The average molecular weight is 280 g/mol. The fraction of sp³-hybridized carbons (Fsp3) is 0.692. The Kier molecular flexibility index (Phi) is 4.29. The van der Waals surface area contributed by atoms with Gasteiger partial charge in [0.1, 0.15) is 5.71 Å². The van der Waals surface area contributed by atoms with E-state index in [-0.39, 0.29) is 5.91 Å². The summed E-state index contributed by atoms with van der Waals surface area (Å²) in [6.07, 6.45) is 0. The van der Waals surface area contributed by atoms with Gasteiger partial charge in [-0.2, -0.15) is 5.10 Å². The second-order valence-corrected chi connectivity index (χ2v) is 5.75. The first kappa shape index (κ1) is 14.8. The monoisotopic (exact) mass is 280 g/mol. The van der Waals surface area contributed by atoms with Crippen LogP contribution in [0.3, 0.4) is 0 Å². The van der Waals surface area contributed by atoms with E-state index in [0.717, 1.165) is 24.6 Å². The molecule has 112 valence electrons. The number of rotatable bonds is 2. The van der Waals surface area contributed by atoms with Crippen LogP contribution < -0.4 is 5.43 Å². The average Bonchev–Trinajstić information content (AvgIpc) is 2.37. The number of carbonyl (C=O) groups excluding carboxylic acids is 1. The molecule has 0 unspecified atom stereocenters. The molecule has 0 bridgehead atoms. The summed E-state index contributed by atoms with van der Waals surface area (Å²) in [4.78, 5) is 20.1. The molecule has 2 aliphatic rings. The summed E-state index contributed by atoms with van der Waals surface area (Å²) in [7, 11) is 7.88. The van der Waals surface area contributed by atoms with Gasteiger partial charge >= 0.3 is 0 Å². The first-order chi connectivity index (χ1) is 9.38. The van der Waals surface area contributed by atoms with E-state index in [9.17, 15) is 4.79 Å². The minimum atomic E-state index is -0.00799. The Labute approximate surface area is 120 Å². The molecule has 1 saturated heterocycles. The van der Waals surface area contributed by atoms with Crippen LogP contribution in [0.4, 0.5) is 0 Å². The third kappa shape index (κ3) is 3.10. The highest BCUT2D eigenvalue weighted by molar-refractivity contribution is 6.39. The van der Waals surface area contributed by atoms with Gasteiger partial charge in [-0.25, -0.2) is 0 Å². The van der Waals surface area contributed by atoms with Gasteiger partial charge in [-0.1, -0.05) is 0 Å². The van der Waals surface area contributed by atoms with Gasteiger partial charge in [-0.3, -0.25) is 20.0 Å². The fourth-order valence-electron chi connectivity index (χ4n) is 2.49. The molecule has 7 nitrogen and oxygen atoms in total. The van der Waals surface area contributed by atoms with Crippen molar-refractivity contribution in [2.24, 2.45) is 5.10 Å². The van der Waals surface area contributed by atoms with Gasteiger partial charge in [-0.05, 0) is 21.0 Å². The second-order valence-electron chi connectivity index (χ2n) is 5.75. The van der Waals surface area contributed by atoms with Crippen LogP contribution in [-0.4, -0.2) is 85.8 Å². The molecule has 1 fully saturated rings. The molecule has 2 heterocycles. The summed E-state index contributed by atoms with van der Waals surface area (Å²) in [6.45, 7) is 5.00. The van der Waals surface area contributed by atoms with Crippen molar-refractivity contribution in [3.8, 4) is 0 Å². The Morgan fingerprint density at radius 1 is 1.00 bits per heavy atom. The summed E-state index contributed by atoms with van der Waals surface area (Å²) in [5.41, 5.74) is 5.84. The van der Waals surface area contributed by atoms with Crippen LogP contribution in [0.15, 0.2) is 16.5 Å². The quantitative estimate of drug-likeness (QED) is 0.682. The first-order valence-corrected chi connectivity index (χ1v) is 6.74. The molecule has 0 aromatic rings. The van der Waals surface area contributed by atoms with Crippen LogP contribution in [0.2, 0.25) is 0 Å². The van der Waals surface area contributed by atoms with Crippen molar-refractivity contribution >= 4 is 11.6 Å². The number of hydrogen-bond acceptors (Lipinski definition) is 6. The molecule has 7 heteroatoms. The molecule has 0 radical (unpaired) electrons. The van der Waals surface area contributed by atoms with E-state index >= 15 is 0 Å². The predicted octanol–water partition coefficient (Wildman–Crippen LogP) is -0.640. The summed E-state index contributed by atoms with van der Waals surface area (Å²) in [5.74, 6) is -0.00799. The molecule has 0 atom stereocenters. The second kappa shape index (κ2) is 5.80. The normalized spacial score (nSPS) is 24.9. The lowest BCUT2D eigenvalue weighted by Gasteiger charge is -2.35. The zero-order chi connectivity index (χ0) is 14.9. The number of nitrogens with zero attached hydrogens (tertiary/aromatic N) is 5. The van der Waals surface area contributed by atoms with E-state index in [1.54, 1.807) is 11.9 Å². The smallest absolute Gasteiger partial charge is 0.272 e. The van der Waals surface area contributed by atoms with E-state index < -0.39 is 0 Å². The number of amides is 1. The molecule has 0 aromatic heterocycles. The molecule has 0 spiro atoms. The van der Waals surface area contributed by atoms with Crippen LogP contribution in [0.25, 0.3) is 0 Å². The standard InChI is InChI=1S/C13H24N6O/c1-10-11(6-16(2)8-18(10)4)14-15-12-7-17(3)9-19(5)13(12)20/h14H,6-9H2,1-5H3/b15-12-. The Hall–Kier alpha value is -1.60. The lowest BCUT2D eigenvalue weighted by molar-refractivity contribution is -0.126. The predicted molar refractivity (Wildman–Crippen MR) is 78.8 cm³/mol. The maximum atomic E-state index is 12.0. The van der Waals surface area contributed by atoms with Crippen molar-refractivity contribution in [2.45, 2.75) is 6.92 Å². The summed E-state index contributed by atoms with van der Waals surface area (Å²) >= 11 is 0. The van der Waals surface area contributed by atoms with Crippen LogP contribution in [-0.2, 0) is 4.79 Å². The molecule has 2 rings (SSSR count). The third-order valence-electron chi connectivity index (χ3n) is 3.68. The lowest BCUT2D eigenvalue weighted by Crippen LogP contribution is -2.51. The van der Waals surface area contributed by atoms with Crippen molar-refractivity contribution in [1.82, 2.24) is 25.0 Å². The number of likely N-dealkylation sites (N-methyl/N-ethyl adjacent to an activating group) is 1. The topological polar surface area (TPSA) is 54.4 Å². The Morgan fingerprint density at radius 2 is 1.60 bits per heavy atom. The number of allylic oxidation sites excluding steroid dienone is 1. The zero-order valence-electron chi connectivity index (χ0n) is 13.0. The van der Waals surface area contributed by atoms with Gasteiger partial charge in [0.25, 0.3) is 5.91 Å². The van der Waals surface area contributed by atoms with Crippen molar-refractivity contribution in [2.75, 3.05) is 54.6 Å². The number of nitrogens with one attached hydrogen (secondary N) is 1. The molecule has 1 amide bonds. The van der Waals surface area contributed by atoms with Crippen molar-refractivity contribution in [3.05, 3.63) is 11.4 Å². The summed E-state index contributed by atoms with van der Waals surface area (Å²) in [5, 5.41) is 4.33. The maximum absolute atomic E-state index is 12.0. The van der Waals surface area contributed by atoms with Crippen molar-refractivity contribution < 1.29 is 4.79 Å². The van der Waals surface area contributed by atoms with Crippen LogP contribution in [0.5, 0.6) is 0 Å². The van der Waals surface area contributed by atoms with Gasteiger partial charge in [-0.15, -0.1) is 0 Å². The summed E-state index contributed by atoms with van der Waals surface area (Å²) < 4.78 is 0. The number of carbonyl (C=O) groups is 1. The minimum absolute atomic E-state index is 0.00799. The zero-order valence-corrected chi connectivity index (χ0v) is 13.0. The minimum Gasteiger partial charge on any atom is -0.364 e. The van der Waals surface area contributed by atoms with Crippen LogP contribution in [0.1, 0.15) is 6.92 Å². The van der Waals surface area contributed by atoms with E-state index in [1.165, 1.54) is 0 Å². The molecule has 1 N–H and O–H groups in total. The molecule has 2 aliphatic heterocycles. The highest BCUT2D eigenvalue weighted by Crippen LogP contribution is 2.13. The summed E-state index contributed by atoms with van der Waals surface area (Å²) in [6, 6.07) is 0. The van der Waals surface area contributed by atoms with Crippen molar-refractivity contribution in [3.63, 3.8) is 0 Å². The molecular formula is C13H24N6O. The molecular weight excluding hydrogens is 256 g/mol. The molecule has 0 saturated carbocycles. The number of hydrazone groups is 1. The molecule has 20 heavy (non-hydrogen) atoms. The first-order valence-electron chi connectivity index (χ1n) is 6.74. The van der Waals surface area contributed by atoms with Gasteiger partial charge in [0.15, 0.2) is 0 Å². The van der Waals surface area contributed by atoms with Gasteiger partial charge < -0.3 is 9.80 Å². The Balaban J connectivity index is 2.11. The third-order valence-corrected chi connectivity index (χ3v) is 3.68. The fourth-order valence-corrected chi connectivity index (χ4v) is 2.49. The van der Waals surface area contributed by atoms with E-state index in [2.05, 4.69) is 39.2 Å². The van der Waals surface area contributed by atoms with Gasteiger partial charge in [0, 0.05) is 32.9 Å². The highest BCUT2D eigenvalue weighted by atomic mass is 16.2. The van der Waals surface area contributed by atoms with Crippen LogP contribution >= 0.6 is 0 Å². The Morgan fingerprint density at radius 3 is 2.30 bits per heavy atom. The molecule has 0 aromatic carbocycles. The highest BCUT2D eigenvalue weighted by Gasteiger charge is 2.25. The van der Waals surface area contributed by atoms with Crippen LogP contribution in [0, 0.1) is 0 Å². The Bertz CT molecular complexity index is 458. The van der Waals surface area contributed by atoms with E-state index in [0.29, 0.717) is 18.9 Å².